The molecule has 0 aliphatic carbocycles. The SMILES string of the molecule is CCSN(SCC)C(=S)CCCCC(=S)N(SCC)SCC. The van der Waals surface area contributed by atoms with E-state index >= 15 is 0 Å². The Morgan fingerprint density at radius 3 is 1.14 bits per heavy atom. The molecule has 0 aromatic rings. The molecule has 0 amide bonds. The van der Waals surface area contributed by atoms with E-state index in [4.69, 9.17) is 24.4 Å². The molecule has 0 aliphatic rings. The lowest BCUT2D eigenvalue weighted by Crippen LogP contribution is -2.17. The lowest BCUT2D eigenvalue weighted by molar-refractivity contribution is 0.775. The Kier molecular flexibility index (Phi) is 16.5. The highest BCUT2D eigenvalue weighted by Crippen LogP contribution is 2.26. The van der Waals surface area contributed by atoms with Crippen LogP contribution in [0.4, 0.5) is 0 Å². The fourth-order valence-electron chi connectivity index (χ4n) is 1.57. The smallest absolute Gasteiger partial charge is 0.0994 e. The minimum Gasteiger partial charge on any atom is -0.252 e. The molecule has 0 aliphatic heterocycles. The van der Waals surface area contributed by atoms with E-state index in [2.05, 4.69) is 35.1 Å². The van der Waals surface area contributed by atoms with E-state index in [-0.39, 0.29) is 0 Å². The highest BCUT2D eigenvalue weighted by atomic mass is 32.2. The van der Waals surface area contributed by atoms with E-state index < -0.39 is 0 Å². The highest BCUT2D eigenvalue weighted by Gasteiger charge is 2.12. The van der Waals surface area contributed by atoms with Gasteiger partial charge in [0.15, 0.2) is 0 Å². The lowest BCUT2D eigenvalue weighted by Gasteiger charge is -2.22. The molecule has 0 radical (unpaired) electrons. The van der Waals surface area contributed by atoms with E-state index in [1.807, 2.05) is 0 Å². The summed E-state index contributed by atoms with van der Waals surface area (Å²) in [6.07, 6.45) is 4.20. The molecule has 2 nitrogen and oxygen atoms in total. The van der Waals surface area contributed by atoms with Crippen LogP contribution in [0.5, 0.6) is 0 Å². The van der Waals surface area contributed by atoms with Crippen molar-refractivity contribution in [3.05, 3.63) is 0 Å². The van der Waals surface area contributed by atoms with Crippen molar-refractivity contribution in [2.75, 3.05) is 23.0 Å². The average Bonchev–Trinajstić information content (AvgIpc) is 2.50. The summed E-state index contributed by atoms with van der Waals surface area (Å²) < 4.78 is 4.42. The van der Waals surface area contributed by atoms with Crippen molar-refractivity contribution in [2.24, 2.45) is 0 Å². The van der Waals surface area contributed by atoms with Gasteiger partial charge in [0.1, 0.15) is 0 Å². The average molecular weight is 417 g/mol. The van der Waals surface area contributed by atoms with Crippen LogP contribution in [0.1, 0.15) is 53.4 Å². The molecule has 0 rings (SSSR count). The van der Waals surface area contributed by atoms with Gasteiger partial charge in [0.25, 0.3) is 0 Å². The Bertz CT molecular complexity index is 272. The fourth-order valence-corrected chi connectivity index (χ4v) is 6.23. The van der Waals surface area contributed by atoms with Gasteiger partial charge in [-0.2, -0.15) is 0 Å². The zero-order valence-corrected chi connectivity index (χ0v) is 18.9. The number of unbranched alkanes of at least 4 members (excludes halogenated alkanes) is 1. The second-order valence-corrected chi connectivity index (χ2v) is 10.4. The van der Waals surface area contributed by atoms with Gasteiger partial charge in [0, 0.05) is 23.0 Å². The maximum absolute atomic E-state index is 5.55. The summed E-state index contributed by atoms with van der Waals surface area (Å²) in [4.78, 5) is 2.12. The van der Waals surface area contributed by atoms with E-state index in [0.29, 0.717) is 0 Å². The number of nitrogens with zero attached hydrogens (tertiary/aromatic N) is 2. The van der Waals surface area contributed by atoms with Gasteiger partial charge in [-0.3, -0.25) is 7.42 Å². The Balaban J connectivity index is 4.03. The number of thiocarbonyl (C=S) groups is 2. The van der Waals surface area contributed by atoms with Gasteiger partial charge in [-0.05, 0) is 73.5 Å². The first kappa shape index (κ1) is 23.2. The fraction of sp³-hybridized carbons (Fsp3) is 0.857. The summed E-state index contributed by atoms with van der Waals surface area (Å²) in [7, 11) is 0. The number of hydrogen-bond donors (Lipinski definition) is 0. The molecule has 0 heterocycles. The first-order valence-electron chi connectivity index (χ1n) is 7.78. The molecule has 0 saturated carbocycles. The zero-order valence-electron chi connectivity index (χ0n) is 14.0. The van der Waals surface area contributed by atoms with Crippen molar-refractivity contribution < 1.29 is 0 Å². The van der Waals surface area contributed by atoms with Crippen molar-refractivity contribution in [2.45, 2.75) is 53.4 Å². The molecule has 22 heavy (non-hydrogen) atoms. The van der Waals surface area contributed by atoms with Crippen molar-refractivity contribution in [3.63, 3.8) is 0 Å². The minimum absolute atomic E-state index is 0.986. The summed E-state index contributed by atoms with van der Waals surface area (Å²) in [6, 6.07) is 0. The predicted molar refractivity (Wildman–Crippen MR) is 120 cm³/mol. The molecule has 0 fully saturated rings. The third-order valence-electron chi connectivity index (χ3n) is 2.42. The van der Waals surface area contributed by atoms with Crippen LogP contribution in [0.2, 0.25) is 0 Å². The third kappa shape index (κ3) is 10.9. The van der Waals surface area contributed by atoms with Crippen LogP contribution >= 0.6 is 72.2 Å². The molecule has 0 saturated heterocycles. The molecule has 8 heteroatoms. The molecule has 0 atom stereocenters. The van der Waals surface area contributed by atoms with Crippen molar-refractivity contribution in [1.82, 2.24) is 7.42 Å². The molecule has 0 aromatic carbocycles. The Morgan fingerprint density at radius 2 is 0.909 bits per heavy atom. The van der Waals surface area contributed by atoms with Gasteiger partial charge in [0.2, 0.25) is 0 Å². The molecule has 0 unspecified atom stereocenters. The first-order chi connectivity index (χ1) is 10.6. The standard InChI is InChI=1S/C14H28N2S6/c1-5-19-15(20-6-2)13(17)11-9-10-12-14(18)16(21-7-3)22-8-4/h5-12H2,1-4H3. The van der Waals surface area contributed by atoms with Gasteiger partial charge in [-0.25, -0.2) is 0 Å². The predicted octanol–water partition coefficient (Wildman–Crippen LogP) is 6.48. The maximum atomic E-state index is 5.55. The molecule has 0 aromatic heterocycles. The molecule has 0 N–H and O–H groups in total. The van der Waals surface area contributed by atoms with Gasteiger partial charge in [0.05, 0.1) is 9.98 Å². The minimum atomic E-state index is 0.986. The van der Waals surface area contributed by atoms with E-state index in [1.165, 1.54) is 0 Å². The van der Waals surface area contributed by atoms with Gasteiger partial charge < -0.3 is 0 Å². The van der Waals surface area contributed by atoms with Crippen LogP contribution in [0.15, 0.2) is 0 Å². The third-order valence-corrected chi connectivity index (χ3v) is 7.78. The second kappa shape index (κ2) is 15.7. The summed E-state index contributed by atoms with van der Waals surface area (Å²) in [5, 5.41) is 0. The number of hydrogen-bond acceptors (Lipinski definition) is 6. The van der Waals surface area contributed by atoms with Gasteiger partial charge in [-0.1, -0.05) is 52.1 Å². The van der Waals surface area contributed by atoms with Gasteiger partial charge >= 0.3 is 0 Å². The van der Waals surface area contributed by atoms with Crippen LogP contribution in [0.25, 0.3) is 0 Å². The van der Waals surface area contributed by atoms with E-state index in [1.54, 1.807) is 47.8 Å². The van der Waals surface area contributed by atoms with Crippen molar-refractivity contribution in [3.8, 4) is 0 Å². The van der Waals surface area contributed by atoms with Crippen molar-refractivity contribution in [1.29, 1.82) is 0 Å². The van der Waals surface area contributed by atoms with E-state index in [9.17, 15) is 0 Å². The summed E-state index contributed by atoms with van der Waals surface area (Å²) >= 11 is 18.3. The number of rotatable bonds is 13. The van der Waals surface area contributed by atoms with Crippen LogP contribution in [0.3, 0.4) is 0 Å². The van der Waals surface area contributed by atoms with Crippen LogP contribution in [-0.2, 0) is 0 Å². The van der Waals surface area contributed by atoms with Crippen LogP contribution < -0.4 is 0 Å². The summed E-state index contributed by atoms with van der Waals surface area (Å²) in [5.41, 5.74) is 0. The van der Waals surface area contributed by atoms with Gasteiger partial charge in [-0.15, -0.1) is 0 Å². The normalized spacial score (nSPS) is 10.5. The Morgan fingerprint density at radius 1 is 0.636 bits per heavy atom. The maximum Gasteiger partial charge on any atom is 0.0994 e. The van der Waals surface area contributed by atoms with Crippen molar-refractivity contribution >= 4 is 82.2 Å². The lowest BCUT2D eigenvalue weighted by atomic mass is 10.2. The molecule has 0 spiro atoms. The highest BCUT2D eigenvalue weighted by molar-refractivity contribution is 8.14. The monoisotopic (exact) mass is 416 g/mol. The van der Waals surface area contributed by atoms with Crippen LogP contribution in [-0.4, -0.2) is 40.4 Å². The van der Waals surface area contributed by atoms with Crippen LogP contribution in [0, 0.1) is 0 Å². The quantitative estimate of drug-likeness (QED) is 0.189. The Hall–Kier alpha value is 1.18. The largest absolute Gasteiger partial charge is 0.252 e. The molecule has 130 valence electrons. The topological polar surface area (TPSA) is 6.48 Å². The van der Waals surface area contributed by atoms with E-state index in [0.717, 1.165) is 58.7 Å². The Labute approximate surface area is 165 Å². The summed E-state index contributed by atoms with van der Waals surface area (Å²) in [5.74, 6) is 4.26. The molecule has 0 bridgehead atoms. The molecular formula is C14H28N2S6. The molecular weight excluding hydrogens is 389 g/mol. The first-order valence-corrected chi connectivity index (χ1v) is 12.4. The second-order valence-electron chi connectivity index (χ2n) is 4.18. The summed E-state index contributed by atoms with van der Waals surface area (Å²) in [6.45, 7) is 8.67. The zero-order chi connectivity index (χ0) is 16.8.